The first-order valence-electron chi connectivity index (χ1n) is 6.44. The van der Waals surface area contributed by atoms with Crippen LogP contribution in [0, 0.1) is 25.5 Å². The molecular weight excluding hydrogens is 436 g/mol. The second-order valence-electron chi connectivity index (χ2n) is 4.47. The van der Waals surface area contributed by atoms with Crippen molar-refractivity contribution in [3.63, 3.8) is 0 Å². The average molecular weight is 444 g/mol. The van der Waals surface area contributed by atoms with Crippen molar-refractivity contribution < 1.29 is 18.1 Å². The third-order valence-corrected chi connectivity index (χ3v) is 3.65. The van der Waals surface area contributed by atoms with Crippen molar-refractivity contribution in [2.45, 2.75) is 6.18 Å². The highest BCUT2D eigenvalue weighted by molar-refractivity contribution is 14.1. The highest BCUT2D eigenvalue weighted by Gasteiger charge is 2.35. The Balaban J connectivity index is 2.50. The maximum Gasteiger partial charge on any atom is 0.441 e. The number of halogens is 4. The molecule has 0 amide bonds. The Hall–Kier alpha value is -2.41. The molecule has 122 valence electrons. The Morgan fingerprint density at radius 2 is 1.83 bits per heavy atom. The van der Waals surface area contributed by atoms with E-state index in [4.69, 9.17) is 0 Å². The number of non-ortho nitro benzene ring substituents is 1. The van der Waals surface area contributed by atoms with Crippen LogP contribution in [0.4, 0.5) is 24.5 Å². The molecular formula is C16H8F3IN2O2. The van der Waals surface area contributed by atoms with Crippen molar-refractivity contribution >= 4 is 39.7 Å². The molecule has 0 radical (unpaired) electrons. The maximum atomic E-state index is 13.1. The van der Waals surface area contributed by atoms with E-state index in [1.807, 2.05) is 5.92 Å². The van der Waals surface area contributed by atoms with Crippen LogP contribution in [0.15, 0.2) is 53.5 Å². The molecule has 0 unspecified atom stereocenters. The van der Waals surface area contributed by atoms with E-state index in [0.29, 0.717) is 9.13 Å². The lowest BCUT2D eigenvalue weighted by molar-refractivity contribution is -0.384. The van der Waals surface area contributed by atoms with Gasteiger partial charge in [0.1, 0.15) is 0 Å². The Labute approximate surface area is 148 Å². The third-order valence-electron chi connectivity index (χ3n) is 2.74. The molecule has 24 heavy (non-hydrogen) atoms. The summed E-state index contributed by atoms with van der Waals surface area (Å²) >= 11 is 1.76. The van der Waals surface area contributed by atoms with Crippen LogP contribution in [-0.4, -0.2) is 16.8 Å². The Bertz CT molecular complexity index is 853. The highest BCUT2D eigenvalue weighted by Crippen LogP contribution is 2.29. The van der Waals surface area contributed by atoms with E-state index in [-0.39, 0.29) is 11.4 Å². The second kappa shape index (κ2) is 7.44. The lowest BCUT2D eigenvalue weighted by Crippen LogP contribution is -2.21. The molecule has 0 aliphatic carbocycles. The van der Waals surface area contributed by atoms with E-state index in [1.54, 1.807) is 52.9 Å². The zero-order valence-electron chi connectivity index (χ0n) is 11.8. The van der Waals surface area contributed by atoms with Crippen LogP contribution >= 0.6 is 22.6 Å². The molecule has 0 fully saturated rings. The van der Waals surface area contributed by atoms with Crippen LogP contribution in [0.3, 0.4) is 0 Å². The smallest absolute Gasteiger partial charge is 0.258 e. The minimum Gasteiger partial charge on any atom is -0.258 e. The Morgan fingerprint density at radius 3 is 2.42 bits per heavy atom. The highest BCUT2D eigenvalue weighted by atomic mass is 127. The summed E-state index contributed by atoms with van der Waals surface area (Å²) in [6, 6.07) is 11.7. The predicted octanol–water partition coefficient (Wildman–Crippen LogP) is 4.89. The molecule has 0 bridgehead atoms. The van der Waals surface area contributed by atoms with E-state index in [1.165, 1.54) is 12.1 Å². The van der Waals surface area contributed by atoms with Gasteiger partial charge in [-0.05, 0) is 46.7 Å². The quantitative estimate of drug-likeness (QED) is 0.218. The number of aliphatic imine (C=N–C) groups is 1. The van der Waals surface area contributed by atoms with Crippen LogP contribution in [-0.2, 0) is 0 Å². The zero-order chi connectivity index (χ0) is 17.7. The van der Waals surface area contributed by atoms with Gasteiger partial charge < -0.3 is 0 Å². The first-order valence-corrected chi connectivity index (χ1v) is 7.52. The van der Waals surface area contributed by atoms with Crippen LogP contribution in [0.2, 0.25) is 0 Å². The summed E-state index contributed by atoms with van der Waals surface area (Å²) in [6.45, 7) is 0. The number of benzene rings is 2. The maximum absolute atomic E-state index is 13.1. The van der Waals surface area contributed by atoms with E-state index in [9.17, 15) is 23.3 Å². The van der Waals surface area contributed by atoms with Crippen LogP contribution in [0.5, 0.6) is 0 Å². The van der Waals surface area contributed by atoms with Crippen molar-refractivity contribution in [1.82, 2.24) is 0 Å². The zero-order valence-corrected chi connectivity index (χ0v) is 14.0. The topological polar surface area (TPSA) is 55.5 Å². The summed E-state index contributed by atoms with van der Waals surface area (Å²) in [4.78, 5) is 13.6. The fourth-order valence-corrected chi connectivity index (χ4v) is 2.09. The van der Waals surface area contributed by atoms with Gasteiger partial charge >= 0.3 is 6.18 Å². The van der Waals surface area contributed by atoms with Gasteiger partial charge in [0.15, 0.2) is 5.71 Å². The molecule has 2 aromatic carbocycles. The summed E-state index contributed by atoms with van der Waals surface area (Å²) in [5.74, 6) is 4.39. The van der Waals surface area contributed by atoms with E-state index in [0.717, 1.165) is 6.07 Å². The third kappa shape index (κ3) is 4.79. The SMILES string of the molecule is O=[N+]([O-])c1ccc(I)c(N=C(C#Cc2ccccc2)C(F)(F)F)c1. The van der Waals surface area contributed by atoms with Gasteiger partial charge in [-0.15, -0.1) is 0 Å². The first kappa shape index (κ1) is 17.9. The second-order valence-corrected chi connectivity index (χ2v) is 5.63. The van der Waals surface area contributed by atoms with Gasteiger partial charge in [0.25, 0.3) is 5.69 Å². The number of nitro benzene ring substituents is 1. The van der Waals surface area contributed by atoms with Crippen molar-refractivity contribution in [3.05, 3.63) is 67.8 Å². The Kier molecular flexibility index (Phi) is 5.56. The molecule has 4 nitrogen and oxygen atoms in total. The van der Waals surface area contributed by atoms with E-state index in [2.05, 4.69) is 10.9 Å². The van der Waals surface area contributed by atoms with Crippen LogP contribution in [0.25, 0.3) is 0 Å². The molecule has 0 aromatic heterocycles. The van der Waals surface area contributed by atoms with E-state index >= 15 is 0 Å². The lowest BCUT2D eigenvalue weighted by Gasteiger charge is -2.05. The molecule has 0 aliphatic heterocycles. The van der Waals surface area contributed by atoms with Gasteiger partial charge in [0.2, 0.25) is 0 Å². The number of nitro groups is 1. The molecule has 0 heterocycles. The summed E-state index contributed by atoms with van der Waals surface area (Å²) < 4.78 is 39.7. The molecule has 0 spiro atoms. The molecule has 0 aliphatic rings. The Morgan fingerprint density at radius 1 is 1.17 bits per heavy atom. The average Bonchev–Trinajstić information content (AvgIpc) is 2.52. The molecule has 8 heteroatoms. The van der Waals surface area contributed by atoms with Gasteiger partial charge in [0.05, 0.1) is 10.6 Å². The van der Waals surface area contributed by atoms with Gasteiger partial charge in [-0.25, -0.2) is 4.99 Å². The van der Waals surface area contributed by atoms with Crippen LogP contribution in [0.1, 0.15) is 5.56 Å². The monoisotopic (exact) mass is 444 g/mol. The van der Waals surface area contributed by atoms with Crippen molar-refractivity contribution in [2.24, 2.45) is 4.99 Å². The first-order chi connectivity index (χ1) is 11.3. The van der Waals surface area contributed by atoms with Crippen LogP contribution < -0.4 is 0 Å². The van der Waals surface area contributed by atoms with E-state index < -0.39 is 16.8 Å². The molecule has 0 saturated heterocycles. The summed E-state index contributed by atoms with van der Waals surface area (Å²) in [7, 11) is 0. The number of nitrogens with zero attached hydrogens (tertiary/aromatic N) is 2. The molecule has 0 N–H and O–H groups in total. The normalized spacial score (nSPS) is 11.6. The summed E-state index contributed by atoms with van der Waals surface area (Å²) in [5, 5.41) is 10.8. The number of hydrogen-bond donors (Lipinski definition) is 0. The standard InChI is InChI=1S/C16H8F3IN2O2/c17-16(18,19)15(9-6-11-4-2-1-3-5-11)21-14-10-12(22(23)24)7-8-13(14)20/h1-5,7-8,10H. The summed E-state index contributed by atoms with van der Waals surface area (Å²) in [5.41, 5.74) is -1.40. The largest absolute Gasteiger partial charge is 0.441 e. The lowest BCUT2D eigenvalue weighted by atomic mass is 10.2. The fraction of sp³-hybridized carbons (Fsp3) is 0.0625. The van der Waals surface area contributed by atoms with Crippen molar-refractivity contribution in [2.75, 3.05) is 0 Å². The fourth-order valence-electron chi connectivity index (χ4n) is 1.64. The van der Waals surface area contributed by atoms with Gasteiger partial charge in [-0.2, -0.15) is 13.2 Å². The molecule has 0 saturated carbocycles. The molecule has 2 rings (SSSR count). The summed E-state index contributed by atoms with van der Waals surface area (Å²) in [6.07, 6.45) is -4.77. The minimum absolute atomic E-state index is 0.153. The predicted molar refractivity (Wildman–Crippen MR) is 92.3 cm³/mol. The number of rotatable bonds is 2. The van der Waals surface area contributed by atoms with Gasteiger partial charge in [-0.3, -0.25) is 10.1 Å². The number of alkyl halides is 3. The van der Waals surface area contributed by atoms with Crippen molar-refractivity contribution in [1.29, 1.82) is 0 Å². The minimum atomic E-state index is -4.77. The number of hydrogen-bond acceptors (Lipinski definition) is 3. The van der Waals surface area contributed by atoms with Gasteiger partial charge in [-0.1, -0.05) is 24.1 Å². The van der Waals surface area contributed by atoms with Gasteiger partial charge in [0, 0.05) is 21.3 Å². The molecule has 2 aromatic rings. The molecule has 0 atom stereocenters. The van der Waals surface area contributed by atoms with Crippen molar-refractivity contribution in [3.8, 4) is 11.8 Å².